The number of Topliss-reactive ketones (excluding diaryl/α,β-unsaturated/α-hetero) is 1. The van der Waals surface area contributed by atoms with Crippen molar-refractivity contribution in [3.8, 4) is 5.75 Å². The van der Waals surface area contributed by atoms with Gasteiger partial charge in [-0.2, -0.15) is 13.2 Å². The summed E-state index contributed by atoms with van der Waals surface area (Å²) in [6.45, 7) is 2.86. The summed E-state index contributed by atoms with van der Waals surface area (Å²) in [7, 11) is 1.57. The molecule has 1 aliphatic rings. The van der Waals surface area contributed by atoms with Crippen molar-refractivity contribution >= 4 is 11.5 Å². The largest absolute Gasteiger partial charge is 0.496 e. The molecule has 1 unspecified atom stereocenters. The molecule has 0 N–H and O–H groups in total. The van der Waals surface area contributed by atoms with Crippen LogP contribution >= 0.6 is 0 Å². The van der Waals surface area contributed by atoms with Crippen LogP contribution < -0.4 is 9.64 Å². The van der Waals surface area contributed by atoms with E-state index < -0.39 is 11.9 Å². The molecule has 8 heteroatoms. The van der Waals surface area contributed by atoms with Gasteiger partial charge in [-0.3, -0.25) is 9.78 Å². The summed E-state index contributed by atoms with van der Waals surface area (Å²) in [5.41, 5.74) is 0.545. The van der Waals surface area contributed by atoms with Crippen LogP contribution in [0.5, 0.6) is 5.75 Å². The van der Waals surface area contributed by atoms with Crippen LogP contribution in [0.1, 0.15) is 36.9 Å². The number of hydrogen-bond acceptors (Lipinski definition) is 5. The number of nitrogens with zero attached hydrogens (tertiary/aromatic N) is 3. The molecular weight excluding hydrogens is 371 g/mol. The third-order valence-electron chi connectivity index (χ3n) is 5.22. The van der Waals surface area contributed by atoms with Gasteiger partial charge in [-0.15, -0.1) is 0 Å². The summed E-state index contributed by atoms with van der Waals surface area (Å²) in [5.74, 6) is 0.510. The van der Waals surface area contributed by atoms with E-state index in [1.807, 2.05) is 4.90 Å². The number of methoxy groups -OCH3 is 1. The Kier molecular flexibility index (Phi) is 5.86. The van der Waals surface area contributed by atoms with Gasteiger partial charge < -0.3 is 9.64 Å². The van der Waals surface area contributed by atoms with Crippen molar-refractivity contribution in [3.63, 3.8) is 0 Å². The van der Waals surface area contributed by atoms with Crippen LogP contribution in [0.2, 0.25) is 0 Å². The molecule has 150 valence electrons. The van der Waals surface area contributed by atoms with E-state index in [4.69, 9.17) is 4.74 Å². The molecule has 0 bridgehead atoms. The van der Waals surface area contributed by atoms with Gasteiger partial charge in [-0.25, -0.2) is 4.98 Å². The number of ketones is 1. The predicted molar refractivity (Wildman–Crippen MR) is 98.4 cm³/mol. The first-order valence-electron chi connectivity index (χ1n) is 9.07. The fourth-order valence-corrected chi connectivity index (χ4v) is 3.85. The number of hydrogen-bond donors (Lipinski definition) is 0. The van der Waals surface area contributed by atoms with Crippen molar-refractivity contribution in [1.82, 2.24) is 9.97 Å². The second-order valence-corrected chi connectivity index (χ2v) is 6.93. The number of aromatic nitrogens is 2. The van der Waals surface area contributed by atoms with Crippen molar-refractivity contribution in [1.29, 1.82) is 0 Å². The molecule has 28 heavy (non-hydrogen) atoms. The first-order chi connectivity index (χ1) is 13.3. The van der Waals surface area contributed by atoms with E-state index in [0.717, 1.165) is 24.5 Å². The molecule has 1 atom stereocenters. The minimum atomic E-state index is -4.44. The zero-order valence-electron chi connectivity index (χ0n) is 15.7. The van der Waals surface area contributed by atoms with E-state index in [9.17, 15) is 18.0 Å². The molecule has 0 radical (unpaired) electrons. The minimum Gasteiger partial charge on any atom is -0.496 e. The number of halogens is 3. The maximum Gasteiger partial charge on any atom is 0.433 e. The lowest BCUT2D eigenvalue weighted by atomic mass is 9.78. The van der Waals surface area contributed by atoms with Gasteiger partial charge in [0.15, 0.2) is 0 Å². The van der Waals surface area contributed by atoms with Gasteiger partial charge in [-0.05, 0) is 43.9 Å². The quantitative estimate of drug-likeness (QED) is 0.766. The zero-order valence-corrected chi connectivity index (χ0v) is 15.7. The highest BCUT2D eigenvalue weighted by Gasteiger charge is 2.34. The van der Waals surface area contributed by atoms with Crippen molar-refractivity contribution < 1.29 is 22.7 Å². The topological polar surface area (TPSA) is 55.3 Å². The van der Waals surface area contributed by atoms with Crippen LogP contribution in [-0.2, 0) is 11.0 Å². The van der Waals surface area contributed by atoms with Gasteiger partial charge in [0, 0.05) is 31.0 Å². The summed E-state index contributed by atoms with van der Waals surface area (Å²) in [4.78, 5) is 22.1. The van der Waals surface area contributed by atoms with Gasteiger partial charge in [0.2, 0.25) is 0 Å². The molecule has 0 spiro atoms. The van der Waals surface area contributed by atoms with E-state index in [1.165, 1.54) is 12.3 Å². The van der Waals surface area contributed by atoms with Crippen LogP contribution in [-0.4, -0.2) is 36.0 Å². The Morgan fingerprint density at radius 3 is 2.46 bits per heavy atom. The number of ether oxygens (including phenoxy) is 1. The minimum absolute atomic E-state index is 0.0564. The maximum atomic E-state index is 12.7. The number of pyridine rings is 2. The van der Waals surface area contributed by atoms with Crippen LogP contribution in [0.3, 0.4) is 0 Å². The Labute approximate surface area is 161 Å². The lowest BCUT2D eigenvalue weighted by molar-refractivity contribution is -0.141. The van der Waals surface area contributed by atoms with Gasteiger partial charge in [0.05, 0.1) is 24.9 Å². The van der Waals surface area contributed by atoms with Crippen molar-refractivity contribution in [2.24, 2.45) is 5.92 Å². The third kappa shape index (κ3) is 4.26. The standard InChI is InChI=1S/C20H22F3N3O2/c1-13(27)19(16-12-24-8-5-17(16)28-2)14-6-9-26(10-7-14)15-3-4-18(25-11-15)20(21,22)23/h3-5,8,11-12,14,19H,6-7,9-10H2,1-2H3. The number of carbonyl (C=O) groups is 1. The third-order valence-corrected chi connectivity index (χ3v) is 5.22. The summed E-state index contributed by atoms with van der Waals surface area (Å²) in [5, 5.41) is 0. The number of anilines is 1. The van der Waals surface area contributed by atoms with Gasteiger partial charge in [0.1, 0.15) is 17.2 Å². The van der Waals surface area contributed by atoms with E-state index in [-0.39, 0.29) is 17.6 Å². The van der Waals surface area contributed by atoms with E-state index >= 15 is 0 Å². The molecule has 1 aliphatic heterocycles. The fourth-order valence-electron chi connectivity index (χ4n) is 3.85. The SMILES string of the molecule is COc1ccncc1C(C(C)=O)C1CCN(c2ccc(C(F)(F)F)nc2)CC1. The fraction of sp³-hybridized carbons (Fsp3) is 0.450. The van der Waals surface area contributed by atoms with E-state index in [0.29, 0.717) is 24.5 Å². The van der Waals surface area contributed by atoms with Crippen LogP contribution in [0, 0.1) is 5.92 Å². The molecular formula is C20H22F3N3O2. The highest BCUT2D eigenvalue weighted by Crippen LogP contribution is 2.38. The molecule has 0 amide bonds. The molecule has 3 heterocycles. The average Bonchev–Trinajstić information content (AvgIpc) is 2.68. The molecule has 2 aromatic heterocycles. The van der Waals surface area contributed by atoms with E-state index in [1.54, 1.807) is 32.5 Å². The Morgan fingerprint density at radius 2 is 1.93 bits per heavy atom. The molecule has 1 fully saturated rings. The molecule has 3 rings (SSSR count). The summed E-state index contributed by atoms with van der Waals surface area (Å²) in [6, 6.07) is 4.19. The average molecular weight is 393 g/mol. The number of carbonyl (C=O) groups excluding carboxylic acids is 1. The smallest absolute Gasteiger partial charge is 0.433 e. The van der Waals surface area contributed by atoms with Crippen LogP contribution in [0.15, 0.2) is 36.8 Å². The first kappa shape index (κ1) is 20.1. The Bertz CT molecular complexity index is 816. The van der Waals surface area contributed by atoms with Gasteiger partial charge in [-0.1, -0.05) is 0 Å². The molecule has 0 aliphatic carbocycles. The number of piperidine rings is 1. The van der Waals surface area contributed by atoms with E-state index in [2.05, 4.69) is 9.97 Å². The number of alkyl halides is 3. The Morgan fingerprint density at radius 1 is 1.21 bits per heavy atom. The van der Waals surface area contributed by atoms with Gasteiger partial charge >= 0.3 is 6.18 Å². The lowest BCUT2D eigenvalue weighted by Gasteiger charge is -2.36. The molecule has 5 nitrogen and oxygen atoms in total. The Hall–Kier alpha value is -2.64. The van der Waals surface area contributed by atoms with Crippen LogP contribution in [0.4, 0.5) is 18.9 Å². The Balaban J connectivity index is 1.72. The highest BCUT2D eigenvalue weighted by atomic mass is 19.4. The second kappa shape index (κ2) is 8.16. The van der Waals surface area contributed by atoms with Gasteiger partial charge in [0.25, 0.3) is 0 Å². The summed E-state index contributed by atoms with van der Waals surface area (Å²) >= 11 is 0. The molecule has 1 saturated heterocycles. The maximum absolute atomic E-state index is 12.7. The summed E-state index contributed by atoms with van der Waals surface area (Å²) in [6.07, 6.45) is 1.60. The molecule has 2 aromatic rings. The van der Waals surface area contributed by atoms with Crippen molar-refractivity contribution in [2.45, 2.75) is 31.9 Å². The monoisotopic (exact) mass is 393 g/mol. The van der Waals surface area contributed by atoms with Crippen LogP contribution in [0.25, 0.3) is 0 Å². The molecule has 0 saturated carbocycles. The number of rotatable bonds is 5. The second-order valence-electron chi connectivity index (χ2n) is 6.93. The summed E-state index contributed by atoms with van der Waals surface area (Å²) < 4.78 is 43.4. The highest BCUT2D eigenvalue weighted by molar-refractivity contribution is 5.84. The van der Waals surface area contributed by atoms with Crippen molar-refractivity contribution in [3.05, 3.63) is 48.0 Å². The first-order valence-corrected chi connectivity index (χ1v) is 9.07. The normalized spacial score (nSPS) is 16.7. The lowest BCUT2D eigenvalue weighted by Crippen LogP contribution is -2.37. The predicted octanol–water partition coefficient (Wildman–Crippen LogP) is 4.09. The zero-order chi connectivity index (χ0) is 20.3. The molecule has 0 aromatic carbocycles. The van der Waals surface area contributed by atoms with Crippen molar-refractivity contribution in [2.75, 3.05) is 25.1 Å².